The van der Waals surface area contributed by atoms with Crippen LogP contribution in [0.2, 0.25) is 0 Å². The average Bonchev–Trinajstić information content (AvgIpc) is 3.40. The summed E-state index contributed by atoms with van der Waals surface area (Å²) in [6.45, 7) is -0.406. The van der Waals surface area contributed by atoms with Crippen LogP contribution in [0.3, 0.4) is 0 Å². The molecule has 0 radical (unpaired) electrons. The zero-order valence-electron chi connectivity index (χ0n) is 20.0. The number of benzene rings is 1. The van der Waals surface area contributed by atoms with Gasteiger partial charge in [-0.25, -0.2) is 15.0 Å². The van der Waals surface area contributed by atoms with Gasteiger partial charge in [0.25, 0.3) is 0 Å². The molecule has 198 valence electrons. The number of aliphatic hydroxyl groups is 2. The van der Waals surface area contributed by atoms with E-state index in [1.165, 1.54) is 12.7 Å². The van der Waals surface area contributed by atoms with E-state index in [1.807, 2.05) is 26.2 Å². The summed E-state index contributed by atoms with van der Waals surface area (Å²) < 4.78 is 12.6. The Labute approximate surface area is 220 Å². The molecular formula is C22H29Cl2N7O5-2. The van der Waals surface area contributed by atoms with Gasteiger partial charge in [0.2, 0.25) is 5.91 Å². The molecule has 0 bridgehead atoms. The maximum atomic E-state index is 12.8. The van der Waals surface area contributed by atoms with Gasteiger partial charge in [-0.1, -0.05) is 12.1 Å². The van der Waals surface area contributed by atoms with Crippen molar-refractivity contribution in [3.05, 3.63) is 42.5 Å². The number of methoxy groups -OCH3 is 1. The molecule has 0 aliphatic carbocycles. The fourth-order valence-corrected chi connectivity index (χ4v) is 4.04. The summed E-state index contributed by atoms with van der Waals surface area (Å²) in [6, 6.07) is 5.52. The van der Waals surface area contributed by atoms with Crippen LogP contribution in [0.1, 0.15) is 11.8 Å². The molecule has 14 heteroatoms. The number of carbonyl (C=O) groups excluding carboxylic acids is 1. The number of rotatable bonds is 8. The molecule has 1 aromatic carbocycles. The molecule has 1 unspecified atom stereocenters. The average molecular weight is 542 g/mol. The summed E-state index contributed by atoms with van der Waals surface area (Å²) in [5.74, 6) is 0.861. The fraction of sp³-hybridized carbons (Fsp3) is 0.455. The number of hydrogen-bond acceptors (Lipinski definition) is 10. The second-order valence-corrected chi connectivity index (χ2v) is 8.35. The van der Waals surface area contributed by atoms with Crippen molar-refractivity contribution in [1.82, 2.24) is 24.8 Å². The van der Waals surface area contributed by atoms with Crippen LogP contribution in [0, 0.1) is 0 Å². The molecule has 3 aromatic rings. The standard InChI is InChI=1S/C22H29N7O5.2ClH/c1-28(2)19-17-20(25-10-24-19)29(11-26-17)22-18(31)16(15(9-30)34-22)27-21(32)14(23)8-12-4-6-13(33-3)7-5-12;;/h4-7,10-11,14-16,18,22,30-31H,8-9,23H2,1-3H3,(H,27,32);2*1H/p-2/t14-,15+,16?,18+,22+;;/m0../s1. The second-order valence-electron chi connectivity index (χ2n) is 8.35. The van der Waals surface area contributed by atoms with E-state index in [2.05, 4.69) is 20.3 Å². The predicted molar refractivity (Wildman–Crippen MR) is 123 cm³/mol. The first-order valence-corrected chi connectivity index (χ1v) is 10.8. The number of hydrogen-bond donors (Lipinski definition) is 4. The van der Waals surface area contributed by atoms with Crippen molar-refractivity contribution in [2.45, 2.75) is 36.9 Å². The first-order valence-electron chi connectivity index (χ1n) is 10.8. The van der Waals surface area contributed by atoms with Crippen LogP contribution in [0.25, 0.3) is 11.2 Å². The Morgan fingerprint density at radius 2 is 1.94 bits per heavy atom. The molecule has 2 aromatic heterocycles. The summed E-state index contributed by atoms with van der Waals surface area (Å²) in [5, 5.41) is 23.6. The highest BCUT2D eigenvalue weighted by atomic mass is 35.5. The minimum absolute atomic E-state index is 0. The molecule has 1 fully saturated rings. The third-order valence-corrected chi connectivity index (χ3v) is 5.85. The smallest absolute Gasteiger partial charge is 0.237 e. The second kappa shape index (κ2) is 12.5. The molecule has 1 saturated heterocycles. The van der Waals surface area contributed by atoms with Crippen molar-refractivity contribution < 1.29 is 49.3 Å². The SMILES string of the molecule is COc1ccc(C[C@H](N)C(=O)NC2[C@@H](O)[C@H](n3cnc4c(N(C)C)ncnc43)O[C@@H]2CO)cc1.[Cl-].[Cl-]. The van der Waals surface area contributed by atoms with Crippen LogP contribution in [-0.2, 0) is 16.0 Å². The van der Waals surface area contributed by atoms with E-state index in [-0.39, 0.29) is 24.8 Å². The zero-order valence-corrected chi connectivity index (χ0v) is 21.5. The molecule has 0 saturated carbocycles. The highest BCUT2D eigenvalue weighted by Gasteiger charge is 2.46. The van der Waals surface area contributed by atoms with Crippen LogP contribution < -0.4 is 45.5 Å². The third-order valence-electron chi connectivity index (χ3n) is 5.85. The Morgan fingerprint density at radius 3 is 2.56 bits per heavy atom. The summed E-state index contributed by atoms with van der Waals surface area (Å²) in [4.78, 5) is 27.5. The quantitative estimate of drug-likeness (QED) is 0.215. The lowest BCUT2D eigenvalue weighted by molar-refractivity contribution is -0.124. The van der Waals surface area contributed by atoms with Crippen molar-refractivity contribution >= 4 is 22.9 Å². The van der Waals surface area contributed by atoms with Gasteiger partial charge in [0.1, 0.15) is 24.3 Å². The number of ether oxygens (including phenoxy) is 2. The lowest BCUT2D eigenvalue weighted by atomic mass is 10.0. The number of anilines is 1. The van der Waals surface area contributed by atoms with E-state index in [0.29, 0.717) is 29.2 Å². The first-order chi connectivity index (χ1) is 16.3. The highest BCUT2D eigenvalue weighted by molar-refractivity contribution is 5.83. The topological polar surface area (TPSA) is 161 Å². The number of aromatic nitrogens is 4. The highest BCUT2D eigenvalue weighted by Crippen LogP contribution is 2.32. The van der Waals surface area contributed by atoms with Crippen molar-refractivity contribution in [1.29, 1.82) is 0 Å². The maximum absolute atomic E-state index is 12.8. The van der Waals surface area contributed by atoms with Crippen molar-refractivity contribution in [2.24, 2.45) is 5.73 Å². The van der Waals surface area contributed by atoms with Gasteiger partial charge >= 0.3 is 0 Å². The van der Waals surface area contributed by atoms with Gasteiger partial charge in [-0.15, -0.1) is 0 Å². The monoisotopic (exact) mass is 541 g/mol. The Balaban J connectivity index is 0.00000228. The molecule has 0 spiro atoms. The molecule has 4 rings (SSSR count). The molecule has 12 nitrogen and oxygen atoms in total. The number of halogens is 2. The summed E-state index contributed by atoms with van der Waals surface area (Å²) in [6.07, 6.45) is 0.250. The van der Waals surface area contributed by atoms with Crippen LogP contribution in [0.4, 0.5) is 5.82 Å². The lowest BCUT2D eigenvalue weighted by Crippen LogP contribution is -3.00. The van der Waals surface area contributed by atoms with Gasteiger partial charge in [0, 0.05) is 14.1 Å². The van der Waals surface area contributed by atoms with Gasteiger partial charge < -0.3 is 60.5 Å². The Bertz CT molecular complexity index is 1150. The Kier molecular flexibility index (Phi) is 10.2. The van der Waals surface area contributed by atoms with E-state index in [9.17, 15) is 15.0 Å². The van der Waals surface area contributed by atoms with Crippen molar-refractivity contribution in [3.8, 4) is 5.75 Å². The summed E-state index contributed by atoms with van der Waals surface area (Å²) >= 11 is 0. The largest absolute Gasteiger partial charge is 1.00 e. The number of nitrogens with zero attached hydrogens (tertiary/aromatic N) is 5. The van der Waals surface area contributed by atoms with Gasteiger partial charge in [0.15, 0.2) is 23.2 Å². The lowest BCUT2D eigenvalue weighted by Gasteiger charge is -2.23. The molecule has 5 N–H and O–H groups in total. The Morgan fingerprint density at radius 1 is 1.25 bits per heavy atom. The number of nitrogens with two attached hydrogens (primary N) is 1. The van der Waals surface area contributed by atoms with Crippen molar-refractivity contribution in [3.63, 3.8) is 0 Å². The Hall–Kier alpha value is -2.74. The first kappa shape index (κ1) is 29.5. The van der Waals surface area contributed by atoms with Gasteiger partial charge in [-0.05, 0) is 24.1 Å². The van der Waals surface area contributed by atoms with Crippen LogP contribution in [0.15, 0.2) is 36.9 Å². The molecule has 1 aliphatic heterocycles. The van der Waals surface area contributed by atoms with Crippen LogP contribution >= 0.6 is 0 Å². The summed E-state index contributed by atoms with van der Waals surface area (Å²) in [7, 11) is 5.25. The molecule has 1 aliphatic rings. The van der Waals surface area contributed by atoms with Gasteiger partial charge in [-0.2, -0.15) is 0 Å². The maximum Gasteiger partial charge on any atom is 0.237 e. The minimum Gasteiger partial charge on any atom is -1.00 e. The molecule has 5 atom stereocenters. The van der Waals surface area contributed by atoms with Crippen molar-refractivity contribution in [2.75, 3.05) is 32.7 Å². The number of nitrogens with one attached hydrogen (secondary N) is 1. The molecule has 1 amide bonds. The number of carbonyl (C=O) groups is 1. The van der Waals surface area contributed by atoms with Gasteiger partial charge in [-0.3, -0.25) is 9.36 Å². The number of imidazole rings is 1. The number of fused-ring (bicyclic) bond motifs is 1. The van der Waals surface area contributed by atoms with E-state index >= 15 is 0 Å². The van der Waals surface area contributed by atoms with E-state index in [0.717, 1.165) is 5.56 Å². The third kappa shape index (κ3) is 5.80. The van der Waals surface area contributed by atoms with E-state index < -0.39 is 43.0 Å². The molecule has 36 heavy (non-hydrogen) atoms. The van der Waals surface area contributed by atoms with Crippen LogP contribution in [0.5, 0.6) is 5.75 Å². The molecular weight excluding hydrogens is 513 g/mol. The minimum atomic E-state index is -1.18. The van der Waals surface area contributed by atoms with Crippen LogP contribution in [-0.4, -0.2) is 87.7 Å². The predicted octanol–water partition coefficient (Wildman–Crippen LogP) is -6.79. The number of amides is 1. The van der Waals surface area contributed by atoms with E-state index in [4.69, 9.17) is 15.2 Å². The molecule has 3 heterocycles. The zero-order chi connectivity index (χ0) is 24.4. The van der Waals surface area contributed by atoms with E-state index in [1.54, 1.807) is 28.7 Å². The van der Waals surface area contributed by atoms with Gasteiger partial charge in [0.05, 0.1) is 32.1 Å². The normalized spacial score (nSPS) is 21.8. The summed E-state index contributed by atoms with van der Waals surface area (Å²) in [5.41, 5.74) is 7.98. The fourth-order valence-electron chi connectivity index (χ4n) is 4.04. The number of aliphatic hydroxyl groups excluding tert-OH is 2.